The first-order chi connectivity index (χ1) is 6.35. The van der Waals surface area contributed by atoms with Gasteiger partial charge in [-0.2, -0.15) is 0 Å². The van der Waals surface area contributed by atoms with Crippen molar-refractivity contribution < 1.29 is 14.3 Å². The van der Waals surface area contributed by atoms with Gasteiger partial charge in [-0.1, -0.05) is 23.8 Å². The predicted octanol–water partition coefficient (Wildman–Crippen LogP) is 2.57. The fraction of sp³-hybridized carbons (Fsp3) is 0.364. The lowest BCUT2D eigenvalue weighted by atomic mass is 9.92. The smallest absolute Gasteiger partial charge is 0.345 e. The fourth-order valence-electron chi connectivity index (χ4n) is 1.36. The lowest BCUT2D eigenvalue weighted by Crippen LogP contribution is -2.27. The number of hydrogen-bond donors (Lipinski definition) is 1. The summed E-state index contributed by atoms with van der Waals surface area (Å²) in [5, 5.41) is 8.74. The number of carboxylic acid groups (broad SMARTS) is 1. The van der Waals surface area contributed by atoms with Gasteiger partial charge in [0.15, 0.2) is 0 Å². The molecule has 0 fully saturated rings. The minimum atomic E-state index is -2.31. The highest BCUT2D eigenvalue weighted by Gasteiger charge is 2.36. The highest BCUT2D eigenvalue weighted by atomic mass is 19.1. The average molecular weight is 196 g/mol. The lowest BCUT2D eigenvalue weighted by Gasteiger charge is -2.18. The molecule has 1 atom stereocenters. The SMILES string of the molecule is Cc1ccc(C)c(C(C)(F)C(=O)O)c1. The molecule has 0 aliphatic rings. The maximum atomic E-state index is 13.8. The Morgan fingerprint density at radius 2 is 2.00 bits per heavy atom. The monoisotopic (exact) mass is 196 g/mol. The summed E-state index contributed by atoms with van der Waals surface area (Å²) < 4.78 is 13.8. The molecule has 0 aliphatic carbocycles. The summed E-state index contributed by atoms with van der Waals surface area (Å²) in [5.41, 5.74) is -0.570. The zero-order valence-electron chi connectivity index (χ0n) is 8.47. The van der Waals surface area contributed by atoms with E-state index in [0.717, 1.165) is 12.5 Å². The van der Waals surface area contributed by atoms with Crippen LogP contribution >= 0.6 is 0 Å². The van der Waals surface area contributed by atoms with Gasteiger partial charge >= 0.3 is 5.97 Å². The molecule has 1 aromatic carbocycles. The first kappa shape index (κ1) is 10.7. The summed E-state index contributed by atoms with van der Waals surface area (Å²) in [5.74, 6) is -1.45. The maximum absolute atomic E-state index is 13.8. The van der Waals surface area contributed by atoms with Crippen molar-refractivity contribution in [3.63, 3.8) is 0 Å². The average Bonchev–Trinajstić information content (AvgIpc) is 2.08. The first-order valence-corrected chi connectivity index (χ1v) is 4.35. The Labute approximate surface area is 82.4 Å². The number of aryl methyl sites for hydroxylation is 2. The Balaban J connectivity index is 3.31. The van der Waals surface area contributed by atoms with Crippen molar-refractivity contribution in [1.82, 2.24) is 0 Å². The molecule has 0 aromatic heterocycles. The van der Waals surface area contributed by atoms with E-state index in [1.165, 1.54) is 0 Å². The lowest BCUT2D eigenvalue weighted by molar-refractivity contribution is -0.150. The van der Waals surface area contributed by atoms with E-state index in [0.29, 0.717) is 5.56 Å². The molecule has 0 heterocycles. The zero-order chi connectivity index (χ0) is 10.9. The molecule has 1 aromatic rings. The second kappa shape index (κ2) is 3.40. The Hall–Kier alpha value is -1.38. The summed E-state index contributed by atoms with van der Waals surface area (Å²) in [6.07, 6.45) is 0. The fourth-order valence-corrected chi connectivity index (χ4v) is 1.36. The molecule has 0 amide bonds. The van der Waals surface area contributed by atoms with Crippen molar-refractivity contribution >= 4 is 5.97 Å². The van der Waals surface area contributed by atoms with Crippen LogP contribution in [0.2, 0.25) is 0 Å². The van der Waals surface area contributed by atoms with Crippen LogP contribution in [0.4, 0.5) is 4.39 Å². The quantitative estimate of drug-likeness (QED) is 0.789. The Morgan fingerprint density at radius 1 is 1.43 bits per heavy atom. The molecule has 3 heteroatoms. The van der Waals surface area contributed by atoms with Gasteiger partial charge in [0.1, 0.15) is 0 Å². The summed E-state index contributed by atoms with van der Waals surface area (Å²) in [7, 11) is 0. The van der Waals surface area contributed by atoms with Crippen LogP contribution in [0.25, 0.3) is 0 Å². The van der Waals surface area contributed by atoms with E-state index in [1.807, 2.05) is 6.07 Å². The molecule has 14 heavy (non-hydrogen) atoms. The predicted molar refractivity (Wildman–Crippen MR) is 52.0 cm³/mol. The molecule has 2 nitrogen and oxygen atoms in total. The summed E-state index contributed by atoms with van der Waals surface area (Å²) in [6, 6.07) is 5.13. The van der Waals surface area contributed by atoms with Gasteiger partial charge < -0.3 is 5.11 Å². The third kappa shape index (κ3) is 1.76. The van der Waals surface area contributed by atoms with E-state index >= 15 is 0 Å². The summed E-state index contributed by atoms with van der Waals surface area (Å²) in [6.45, 7) is 4.58. The molecular formula is C11H13FO2. The molecule has 1 unspecified atom stereocenters. The number of alkyl halides is 1. The van der Waals surface area contributed by atoms with Crippen LogP contribution < -0.4 is 0 Å². The van der Waals surface area contributed by atoms with Gasteiger partial charge in [-0.15, -0.1) is 0 Å². The second-order valence-corrected chi connectivity index (χ2v) is 3.63. The third-order valence-corrected chi connectivity index (χ3v) is 2.30. The van der Waals surface area contributed by atoms with E-state index in [-0.39, 0.29) is 5.56 Å². The molecule has 0 spiro atoms. The Kier molecular flexibility index (Phi) is 2.60. The summed E-state index contributed by atoms with van der Waals surface area (Å²) >= 11 is 0. The summed E-state index contributed by atoms with van der Waals surface area (Å²) in [4.78, 5) is 10.7. The van der Waals surface area contributed by atoms with Crippen LogP contribution in [0.5, 0.6) is 0 Å². The van der Waals surface area contributed by atoms with Gasteiger partial charge in [-0.3, -0.25) is 0 Å². The standard InChI is InChI=1S/C11H13FO2/c1-7-4-5-8(2)9(6-7)11(3,12)10(13)14/h4-6H,1-3H3,(H,13,14). The topological polar surface area (TPSA) is 37.3 Å². The van der Waals surface area contributed by atoms with Crippen molar-refractivity contribution in [2.24, 2.45) is 0 Å². The van der Waals surface area contributed by atoms with Crippen molar-refractivity contribution in [2.75, 3.05) is 0 Å². The van der Waals surface area contributed by atoms with Crippen molar-refractivity contribution in [1.29, 1.82) is 0 Å². The Bertz CT molecular complexity index is 370. The van der Waals surface area contributed by atoms with E-state index < -0.39 is 11.6 Å². The largest absolute Gasteiger partial charge is 0.479 e. The van der Waals surface area contributed by atoms with Gasteiger partial charge in [-0.05, 0) is 26.3 Å². The number of hydrogen-bond acceptors (Lipinski definition) is 1. The van der Waals surface area contributed by atoms with Crippen molar-refractivity contribution in [2.45, 2.75) is 26.4 Å². The van der Waals surface area contributed by atoms with Crippen LogP contribution in [-0.4, -0.2) is 11.1 Å². The van der Waals surface area contributed by atoms with Gasteiger partial charge in [0.25, 0.3) is 0 Å². The van der Waals surface area contributed by atoms with Gasteiger partial charge in [0.05, 0.1) is 0 Å². The maximum Gasteiger partial charge on any atom is 0.345 e. The highest BCUT2D eigenvalue weighted by molar-refractivity contribution is 5.79. The van der Waals surface area contributed by atoms with E-state index in [2.05, 4.69) is 0 Å². The number of aliphatic carboxylic acids is 1. The van der Waals surface area contributed by atoms with Gasteiger partial charge in [0, 0.05) is 5.56 Å². The molecule has 1 rings (SSSR count). The van der Waals surface area contributed by atoms with Crippen molar-refractivity contribution in [3.05, 3.63) is 34.9 Å². The number of halogens is 1. The van der Waals surface area contributed by atoms with Crippen LogP contribution in [-0.2, 0) is 10.5 Å². The molecule has 0 radical (unpaired) electrons. The minimum absolute atomic E-state index is 0.227. The number of carbonyl (C=O) groups is 1. The van der Waals surface area contributed by atoms with E-state index in [9.17, 15) is 9.18 Å². The number of benzene rings is 1. The normalized spacial score (nSPS) is 14.9. The van der Waals surface area contributed by atoms with Gasteiger partial charge in [-0.25, -0.2) is 9.18 Å². The molecule has 76 valence electrons. The van der Waals surface area contributed by atoms with Crippen LogP contribution in [0.3, 0.4) is 0 Å². The molecule has 0 aliphatic heterocycles. The number of carboxylic acids is 1. The first-order valence-electron chi connectivity index (χ1n) is 4.35. The van der Waals surface area contributed by atoms with Crippen molar-refractivity contribution in [3.8, 4) is 0 Å². The molecule has 0 bridgehead atoms. The zero-order valence-corrected chi connectivity index (χ0v) is 8.47. The van der Waals surface area contributed by atoms with Crippen LogP contribution in [0.15, 0.2) is 18.2 Å². The molecule has 0 saturated carbocycles. The van der Waals surface area contributed by atoms with Gasteiger partial charge in [0.2, 0.25) is 5.67 Å². The molecule has 1 N–H and O–H groups in total. The van der Waals surface area contributed by atoms with E-state index in [1.54, 1.807) is 26.0 Å². The second-order valence-electron chi connectivity index (χ2n) is 3.63. The van der Waals surface area contributed by atoms with Crippen LogP contribution in [0, 0.1) is 13.8 Å². The van der Waals surface area contributed by atoms with E-state index in [4.69, 9.17) is 5.11 Å². The number of rotatable bonds is 2. The third-order valence-electron chi connectivity index (χ3n) is 2.30. The Morgan fingerprint density at radius 3 is 2.50 bits per heavy atom. The minimum Gasteiger partial charge on any atom is -0.479 e. The molecule has 0 saturated heterocycles. The molecular weight excluding hydrogens is 183 g/mol. The highest BCUT2D eigenvalue weighted by Crippen LogP contribution is 2.29. The van der Waals surface area contributed by atoms with Crippen LogP contribution in [0.1, 0.15) is 23.6 Å².